The maximum Gasteiger partial charge on any atom is 0.180 e. The predicted molar refractivity (Wildman–Crippen MR) is 204 cm³/mol. The molecule has 2 unspecified atom stereocenters. The molecule has 4 nitrogen and oxygen atoms in total. The van der Waals surface area contributed by atoms with E-state index < -0.39 is 0 Å². The third-order valence-corrected chi connectivity index (χ3v) is 11.3. The normalized spacial score (nSPS) is 16.8. The zero-order valence-electron chi connectivity index (χ0n) is 26.2. The smallest absolute Gasteiger partial charge is 0.180 e. The molecule has 11 rings (SSSR count). The third kappa shape index (κ3) is 3.97. The van der Waals surface area contributed by atoms with Gasteiger partial charge in [-0.15, -0.1) is 11.3 Å². The van der Waals surface area contributed by atoms with Crippen molar-refractivity contribution in [1.82, 2.24) is 9.97 Å². The lowest BCUT2D eigenvalue weighted by Crippen LogP contribution is -2.28. The number of benzene rings is 6. The Morgan fingerprint density at radius 3 is 2.35 bits per heavy atom. The Kier molecular flexibility index (Phi) is 5.63. The number of aromatic nitrogens is 2. The Morgan fingerprint density at radius 2 is 1.43 bits per heavy atom. The highest BCUT2D eigenvalue weighted by molar-refractivity contribution is 7.26. The number of para-hydroxylation sites is 1. The van der Waals surface area contributed by atoms with E-state index >= 15 is 0 Å². The Bertz CT molecular complexity index is 2860. The van der Waals surface area contributed by atoms with Crippen molar-refractivity contribution >= 4 is 75.7 Å². The molecule has 4 heterocycles. The molecule has 2 atom stereocenters. The monoisotopic (exact) mass is 645 g/mol. The second-order valence-electron chi connectivity index (χ2n) is 12.9. The van der Waals surface area contributed by atoms with Crippen molar-refractivity contribution in [1.29, 1.82) is 0 Å². The minimum Gasteiger partial charge on any atom is -0.452 e. The molecule has 0 saturated heterocycles. The molecule has 0 fully saturated rings. The molecule has 0 spiro atoms. The first-order valence-electron chi connectivity index (χ1n) is 16.7. The molecular weight excluding hydrogens is 619 g/mol. The molecule has 0 N–H and O–H groups in total. The van der Waals surface area contributed by atoms with E-state index in [1.165, 1.54) is 47.9 Å². The Morgan fingerprint density at radius 1 is 0.612 bits per heavy atom. The topological polar surface area (TPSA) is 42.2 Å². The zero-order valence-corrected chi connectivity index (χ0v) is 27.1. The average Bonchev–Trinajstić information content (AvgIpc) is 3.83. The lowest BCUT2D eigenvalue weighted by atomic mass is 9.90. The van der Waals surface area contributed by atoms with E-state index in [1.807, 2.05) is 47.7 Å². The second-order valence-corrected chi connectivity index (χ2v) is 14.0. The van der Waals surface area contributed by atoms with Gasteiger partial charge in [-0.3, -0.25) is 0 Å². The lowest BCUT2D eigenvalue weighted by Gasteiger charge is -2.29. The van der Waals surface area contributed by atoms with Crippen LogP contribution < -0.4 is 4.90 Å². The SMILES string of the molecule is C1=CC2c3cc4ccccc4cc3N(c3cccc4sc5cc(-c6nc(-c7ccccc7)c7oc8ccccc8c7n6)ccc5c34)C2C=C1. The van der Waals surface area contributed by atoms with Gasteiger partial charge in [0.2, 0.25) is 0 Å². The fourth-order valence-electron chi connectivity index (χ4n) is 7.96. The number of thiophene rings is 1. The van der Waals surface area contributed by atoms with Gasteiger partial charge in [0, 0.05) is 48.3 Å². The fraction of sp³-hybridized carbons (Fsp3) is 0.0455. The van der Waals surface area contributed by atoms with E-state index in [2.05, 4.69) is 120 Å². The second kappa shape index (κ2) is 10.2. The first-order chi connectivity index (χ1) is 24.3. The van der Waals surface area contributed by atoms with Gasteiger partial charge in [-0.05, 0) is 58.8 Å². The molecule has 49 heavy (non-hydrogen) atoms. The van der Waals surface area contributed by atoms with Gasteiger partial charge in [-0.1, -0.05) is 109 Å². The number of furan rings is 1. The summed E-state index contributed by atoms with van der Waals surface area (Å²) >= 11 is 1.83. The van der Waals surface area contributed by atoms with Crippen LogP contribution in [0.15, 0.2) is 156 Å². The van der Waals surface area contributed by atoms with Crippen LogP contribution in [0.2, 0.25) is 0 Å². The largest absolute Gasteiger partial charge is 0.452 e. The summed E-state index contributed by atoms with van der Waals surface area (Å²) in [6.07, 6.45) is 9.11. The molecule has 5 heteroatoms. The van der Waals surface area contributed by atoms with Gasteiger partial charge in [0.1, 0.15) is 16.8 Å². The van der Waals surface area contributed by atoms with Crippen LogP contribution in [0.25, 0.3) is 75.7 Å². The van der Waals surface area contributed by atoms with E-state index in [0.29, 0.717) is 17.3 Å². The number of allylic oxidation sites excluding steroid dienone is 2. The summed E-state index contributed by atoms with van der Waals surface area (Å²) in [4.78, 5) is 12.9. The van der Waals surface area contributed by atoms with Crippen molar-refractivity contribution in [3.05, 3.63) is 157 Å². The summed E-state index contributed by atoms with van der Waals surface area (Å²) in [5, 5.41) is 6.09. The number of nitrogens with zero attached hydrogens (tertiary/aromatic N) is 3. The molecule has 3 aromatic heterocycles. The fourth-order valence-corrected chi connectivity index (χ4v) is 9.13. The maximum atomic E-state index is 6.35. The van der Waals surface area contributed by atoms with Gasteiger partial charge in [-0.2, -0.15) is 0 Å². The van der Waals surface area contributed by atoms with Crippen molar-refractivity contribution < 1.29 is 4.42 Å². The van der Waals surface area contributed by atoms with Crippen molar-refractivity contribution in [2.24, 2.45) is 0 Å². The van der Waals surface area contributed by atoms with E-state index in [9.17, 15) is 0 Å². The zero-order chi connectivity index (χ0) is 32.1. The molecule has 0 radical (unpaired) electrons. The first kappa shape index (κ1) is 27.0. The molecule has 230 valence electrons. The minimum atomic E-state index is 0.220. The highest BCUT2D eigenvalue weighted by Crippen LogP contribution is 2.52. The van der Waals surface area contributed by atoms with Gasteiger partial charge in [0.05, 0.1) is 11.7 Å². The molecular formula is C44H27N3OS. The first-order valence-corrected chi connectivity index (χ1v) is 17.5. The summed E-state index contributed by atoms with van der Waals surface area (Å²) in [6, 6.07) is 45.5. The molecule has 6 aromatic carbocycles. The molecule has 1 aliphatic heterocycles. The summed E-state index contributed by atoms with van der Waals surface area (Å²) in [7, 11) is 0. The van der Waals surface area contributed by atoms with Crippen LogP contribution in [0.3, 0.4) is 0 Å². The highest BCUT2D eigenvalue weighted by atomic mass is 32.1. The number of hydrogen-bond donors (Lipinski definition) is 0. The summed E-state index contributed by atoms with van der Waals surface area (Å²) in [5.74, 6) is 1.00. The van der Waals surface area contributed by atoms with Gasteiger partial charge < -0.3 is 9.32 Å². The lowest BCUT2D eigenvalue weighted by molar-refractivity contribution is 0.667. The van der Waals surface area contributed by atoms with Crippen LogP contribution in [0.5, 0.6) is 0 Å². The Hall–Kier alpha value is -6.04. The molecule has 2 aliphatic rings. The van der Waals surface area contributed by atoms with Gasteiger partial charge in [0.25, 0.3) is 0 Å². The van der Waals surface area contributed by atoms with Crippen LogP contribution in [-0.4, -0.2) is 16.0 Å². The van der Waals surface area contributed by atoms with Crippen LogP contribution in [0.1, 0.15) is 11.5 Å². The van der Waals surface area contributed by atoms with Crippen molar-refractivity contribution in [3.8, 4) is 22.6 Å². The molecule has 1 aliphatic carbocycles. The molecule has 0 bridgehead atoms. The quantitative estimate of drug-likeness (QED) is 0.192. The van der Waals surface area contributed by atoms with E-state index in [-0.39, 0.29) is 6.04 Å². The minimum absolute atomic E-state index is 0.220. The average molecular weight is 646 g/mol. The predicted octanol–water partition coefficient (Wildman–Crippen LogP) is 12.0. The van der Waals surface area contributed by atoms with E-state index in [1.54, 1.807) is 0 Å². The van der Waals surface area contributed by atoms with Crippen LogP contribution in [-0.2, 0) is 0 Å². The highest BCUT2D eigenvalue weighted by Gasteiger charge is 2.38. The van der Waals surface area contributed by atoms with Crippen molar-refractivity contribution in [2.45, 2.75) is 12.0 Å². The molecule has 0 saturated carbocycles. The summed E-state index contributed by atoms with van der Waals surface area (Å²) in [5.41, 5.74) is 9.09. The third-order valence-electron chi connectivity index (χ3n) is 10.2. The van der Waals surface area contributed by atoms with Crippen LogP contribution in [0.4, 0.5) is 11.4 Å². The summed E-state index contributed by atoms with van der Waals surface area (Å²) < 4.78 is 8.84. The molecule has 9 aromatic rings. The number of anilines is 2. The number of hydrogen-bond acceptors (Lipinski definition) is 5. The van der Waals surface area contributed by atoms with E-state index in [0.717, 1.165) is 33.3 Å². The standard InChI is InChI=1S/C44H27N3OS/c1-2-11-26(12-3-1)41-43-42(31-16-7-9-19-37(31)48-43)46-44(45-41)29-21-22-32-39(25-29)49-38-20-10-18-35(40(32)38)47-34-17-8-6-15-30(34)33-23-27-13-4-5-14-28(27)24-36(33)47/h1-25,30,34H. The maximum absolute atomic E-state index is 6.35. The van der Waals surface area contributed by atoms with E-state index in [4.69, 9.17) is 14.4 Å². The summed E-state index contributed by atoms with van der Waals surface area (Å²) in [6.45, 7) is 0. The van der Waals surface area contributed by atoms with Gasteiger partial charge in [-0.25, -0.2) is 9.97 Å². The number of rotatable bonds is 3. The molecule has 0 amide bonds. The Labute approximate surface area is 285 Å². The van der Waals surface area contributed by atoms with Gasteiger partial charge in [0.15, 0.2) is 11.4 Å². The Balaban J connectivity index is 1.10. The van der Waals surface area contributed by atoms with Gasteiger partial charge >= 0.3 is 0 Å². The van der Waals surface area contributed by atoms with Crippen molar-refractivity contribution in [2.75, 3.05) is 4.90 Å². The van der Waals surface area contributed by atoms with Crippen molar-refractivity contribution in [3.63, 3.8) is 0 Å². The van der Waals surface area contributed by atoms with Crippen LogP contribution >= 0.6 is 11.3 Å². The number of fused-ring (bicyclic) bond motifs is 10. The van der Waals surface area contributed by atoms with Crippen LogP contribution in [0, 0.1) is 0 Å².